The number of fused-ring (bicyclic) bond motifs is 1. The maximum absolute atomic E-state index is 12.0. The standard InChI is InChI=1S/C17H23N3O2S/c1-11-6-2-3-7-12(11)18-15(21)9-5-4-8-14-16-13(10-23-14)19-17(22)20-16/h2-3,6-7,13-14,16H,4-5,8-10H2,1H3,(H,18,21)(H2,19,20,22)/t13-,14+,16-/m1/s1. The van der Waals surface area contributed by atoms with E-state index in [-0.39, 0.29) is 24.0 Å². The highest BCUT2D eigenvalue weighted by molar-refractivity contribution is 8.00. The van der Waals surface area contributed by atoms with Crippen LogP contribution >= 0.6 is 11.8 Å². The summed E-state index contributed by atoms with van der Waals surface area (Å²) in [6.07, 6.45) is 3.49. The van der Waals surface area contributed by atoms with E-state index in [1.807, 2.05) is 43.0 Å². The number of para-hydroxylation sites is 1. The molecular weight excluding hydrogens is 310 g/mol. The number of carbonyl (C=O) groups is 2. The number of thioether (sulfide) groups is 1. The van der Waals surface area contributed by atoms with Gasteiger partial charge in [-0.3, -0.25) is 4.79 Å². The molecule has 0 unspecified atom stereocenters. The van der Waals surface area contributed by atoms with Crippen LogP contribution in [0.3, 0.4) is 0 Å². The first kappa shape index (κ1) is 16.2. The predicted octanol–water partition coefficient (Wildman–Crippen LogP) is 2.66. The summed E-state index contributed by atoms with van der Waals surface area (Å²) >= 11 is 1.92. The smallest absolute Gasteiger partial charge is 0.315 e. The molecule has 0 radical (unpaired) electrons. The van der Waals surface area contributed by atoms with Crippen LogP contribution in [0.1, 0.15) is 31.2 Å². The van der Waals surface area contributed by atoms with Crippen LogP contribution in [0.5, 0.6) is 0 Å². The van der Waals surface area contributed by atoms with Crippen molar-refractivity contribution in [2.45, 2.75) is 49.9 Å². The summed E-state index contributed by atoms with van der Waals surface area (Å²) in [6.45, 7) is 1.99. The van der Waals surface area contributed by atoms with Crippen molar-refractivity contribution in [3.63, 3.8) is 0 Å². The fourth-order valence-corrected chi connectivity index (χ4v) is 4.74. The summed E-state index contributed by atoms with van der Waals surface area (Å²) in [5.74, 6) is 1.06. The van der Waals surface area contributed by atoms with E-state index in [1.165, 1.54) is 0 Å². The Hall–Kier alpha value is -1.69. The average Bonchev–Trinajstić information content (AvgIpc) is 3.06. The summed E-state index contributed by atoms with van der Waals surface area (Å²) in [5.41, 5.74) is 1.98. The number of aryl methyl sites for hydroxylation is 1. The van der Waals surface area contributed by atoms with Crippen LogP contribution in [0.2, 0.25) is 0 Å². The van der Waals surface area contributed by atoms with Crippen LogP contribution in [0, 0.1) is 6.92 Å². The topological polar surface area (TPSA) is 70.2 Å². The molecule has 2 aliphatic rings. The molecule has 2 aliphatic heterocycles. The first-order valence-electron chi connectivity index (χ1n) is 8.17. The second kappa shape index (κ2) is 7.25. The van der Waals surface area contributed by atoms with Crippen LogP contribution in [-0.2, 0) is 4.79 Å². The second-order valence-electron chi connectivity index (χ2n) is 6.23. The van der Waals surface area contributed by atoms with E-state index in [1.54, 1.807) is 0 Å². The molecule has 23 heavy (non-hydrogen) atoms. The van der Waals surface area contributed by atoms with Crippen molar-refractivity contribution < 1.29 is 9.59 Å². The number of nitrogens with one attached hydrogen (secondary N) is 3. The molecule has 6 heteroatoms. The van der Waals surface area contributed by atoms with Gasteiger partial charge in [-0.2, -0.15) is 11.8 Å². The van der Waals surface area contributed by atoms with E-state index < -0.39 is 0 Å². The summed E-state index contributed by atoms with van der Waals surface area (Å²) in [7, 11) is 0. The summed E-state index contributed by atoms with van der Waals surface area (Å²) < 4.78 is 0. The summed E-state index contributed by atoms with van der Waals surface area (Å²) in [4.78, 5) is 23.3. The second-order valence-corrected chi connectivity index (χ2v) is 7.50. The fourth-order valence-electron chi connectivity index (χ4n) is 3.20. The number of hydrogen-bond acceptors (Lipinski definition) is 3. The molecule has 3 atom stereocenters. The lowest BCUT2D eigenvalue weighted by atomic mass is 10.0. The van der Waals surface area contributed by atoms with E-state index >= 15 is 0 Å². The van der Waals surface area contributed by atoms with E-state index in [2.05, 4.69) is 16.0 Å². The van der Waals surface area contributed by atoms with Gasteiger partial charge >= 0.3 is 6.03 Å². The molecule has 2 fully saturated rings. The van der Waals surface area contributed by atoms with E-state index in [0.29, 0.717) is 11.7 Å². The van der Waals surface area contributed by atoms with Crippen molar-refractivity contribution in [1.82, 2.24) is 10.6 Å². The zero-order valence-electron chi connectivity index (χ0n) is 13.3. The van der Waals surface area contributed by atoms with Gasteiger partial charge in [-0.25, -0.2) is 4.79 Å². The number of hydrogen-bond donors (Lipinski definition) is 3. The normalized spacial score (nSPS) is 25.6. The Kier molecular flexibility index (Phi) is 5.10. The molecule has 2 saturated heterocycles. The van der Waals surface area contributed by atoms with Crippen molar-refractivity contribution in [3.05, 3.63) is 29.8 Å². The molecule has 3 N–H and O–H groups in total. The van der Waals surface area contributed by atoms with Crippen LogP contribution < -0.4 is 16.0 Å². The largest absolute Gasteiger partial charge is 0.332 e. The van der Waals surface area contributed by atoms with Gasteiger partial charge < -0.3 is 16.0 Å². The molecule has 0 aromatic heterocycles. The third-order valence-electron chi connectivity index (χ3n) is 4.50. The summed E-state index contributed by atoms with van der Waals surface area (Å²) in [5, 5.41) is 9.40. The number of unbranched alkanes of at least 4 members (excludes halogenated alkanes) is 1. The van der Waals surface area contributed by atoms with Crippen molar-refractivity contribution in [1.29, 1.82) is 0 Å². The van der Waals surface area contributed by atoms with E-state index in [9.17, 15) is 9.59 Å². The Labute approximate surface area is 141 Å². The van der Waals surface area contributed by atoms with Gasteiger partial charge in [0, 0.05) is 23.1 Å². The lowest BCUT2D eigenvalue weighted by Crippen LogP contribution is -2.36. The molecule has 0 bridgehead atoms. The van der Waals surface area contributed by atoms with Gasteiger partial charge in [-0.15, -0.1) is 0 Å². The fraction of sp³-hybridized carbons (Fsp3) is 0.529. The Balaban J connectivity index is 1.36. The van der Waals surface area contributed by atoms with E-state index in [0.717, 1.165) is 36.3 Å². The van der Waals surface area contributed by atoms with Crippen molar-refractivity contribution >= 4 is 29.4 Å². The lowest BCUT2D eigenvalue weighted by Gasteiger charge is -2.16. The van der Waals surface area contributed by atoms with Gasteiger partial charge in [0.25, 0.3) is 0 Å². The molecule has 1 aromatic rings. The van der Waals surface area contributed by atoms with Crippen molar-refractivity contribution in [3.8, 4) is 0 Å². The lowest BCUT2D eigenvalue weighted by molar-refractivity contribution is -0.116. The third-order valence-corrected chi connectivity index (χ3v) is 6.01. The van der Waals surface area contributed by atoms with Crippen LogP contribution in [0.4, 0.5) is 10.5 Å². The van der Waals surface area contributed by atoms with Crippen molar-refractivity contribution in [2.75, 3.05) is 11.1 Å². The number of carbonyl (C=O) groups excluding carboxylic acids is 2. The molecular formula is C17H23N3O2S. The number of benzene rings is 1. The van der Waals surface area contributed by atoms with Crippen LogP contribution in [0.25, 0.3) is 0 Å². The molecule has 5 nitrogen and oxygen atoms in total. The van der Waals surface area contributed by atoms with Gasteiger partial charge in [0.15, 0.2) is 0 Å². The Morgan fingerprint density at radius 3 is 2.96 bits per heavy atom. The van der Waals surface area contributed by atoms with Gasteiger partial charge in [0.1, 0.15) is 0 Å². The van der Waals surface area contributed by atoms with Gasteiger partial charge in [-0.1, -0.05) is 24.6 Å². The SMILES string of the molecule is Cc1ccccc1NC(=O)CCCC[C@@H]1SC[C@H]2NC(=O)N[C@@H]12. The third kappa shape index (κ3) is 3.99. The first-order valence-corrected chi connectivity index (χ1v) is 9.22. The number of amides is 3. The average molecular weight is 333 g/mol. The Bertz CT molecular complexity index is 593. The molecule has 3 rings (SSSR count). The molecule has 2 heterocycles. The minimum absolute atomic E-state index is 0.0390. The zero-order valence-corrected chi connectivity index (χ0v) is 14.1. The monoisotopic (exact) mass is 333 g/mol. The van der Waals surface area contributed by atoms with Gasteiger partial charge in [-0.05, 0) is 31.4 Å². The summed E-state index contributed by atoms with van der Waals surface area (Å²) in [6, 6.07) is 8.32. The highest BCUT2D eigenvalue weighted by atomic mass is 32.2. The minimum atomic E-state index is -0.0390. The van der Waals surface area contributed by atoms with E-state index in [4.69, 9.17) is 0 Å². The maximum Gasteiger partial charge on any atom is 0.315 e. The number of rotatable bonds is 6. The Morgan fingerprint density at radius 1 is 1.30 bits per heavy atom. The molecule has 0 aliphatic carbocycles. The maximum atomic E-state index is 12.0. The molecule has 0 saturated carbocycles. The first-order chi connectivity index (χ1) is 11.1. The zero-order chi connectivity index (χ0) is 16.2. The van der Waals surface area contributed by atoms with Gasteiger partial charge in [0.05, 0.1) is 12.1 Å². The molecule has 124 valence electrons. The minimum Gasteiger partial charge on any atom is -0.332 e. The quantitative estimate of drug-likeness (QED) is 0.554. The van der Waals surface area contributed by atoms with Crippen molar-refractivity contribution in [2.24, 2.45) is 0 Å². The molecule has 1 aromatic carbocycles. The van der Waals surface area contributed by atoms with Gasteiger partial charge in [0.2, 0.25) is 5.91 Å². The molecule has 3 amide bonds. The molecule has 0 spiro atoms. The number of urea groups is 1. The predicted molar refractivity (Wildman–Crippen MR) is 93.8 cm³/mol. The Morgan fingerprint density at radius 2 is 2.13 bits per heavy atom. The van der Waals surface area contributed by atoms with Crippen LogP contribution in [0.15, 0.2) is 24.3 Å². The highest BCUT2D eigenvalue weighted by Gasteiger charge is 2.42. The highest BCUT2D eigenvalue weighted by Crippen LogP contribution is 2.33. The number of anilines is 1. The van der Waals surface area contributed by atoms with Crippen LogP contribution in [-0.4, -0.2) is 35.0 Å².